The van der Waals surface area contributed by atoms with Crippen LogP contribution in [0.1, 0.15) is 62.9 Å². The van der Waals surface area contributed by atoms with Crippen LogP contribution in [0, 0.1) is 0 Å². The molecule has 4 rings (SSSR count). The molecule has 2 amide bonds. The van der Waals surface area contributed by atoms with Gasteiger partial charge in [-0.2, -0.15) is 0 Å². The van der Waals surface area contributed by atoms with Crippen LogP contribution in [0.5, 0.6) is 0 Å². The van der Waals surface area contributed by atoms with Gasteiger partial charge in [0.25, 0.3) is 5.91 Å². The van der Waals surface area contributed by atoms with Gasteiger partial charge < -0.3 is 21.1 Å². The van der Waals surface area contributed by atoms with Crippen LogP contribution in [0.2, 0.25) is 0 Å². The minimum atomic E-state index is -0.520. The number of benzene rings is 2. The lowest BCUT2D eigenvalue weighted by molar-refractivity contribution is -0.117. The summed E-state index contributed by atoms with van der Waals surface area (Å²) < 4.78 is 6.05. The minimum Gasteiger partial charge on any atom is -0.383 e. The molecule has 1 aromatic heterocycles. The Morgan fingerprint density at radius 2 is 1.81 bits per heavy atom. The number of primary amides is 1. The normalized spacial score (nSPS) is 14.4. The van der Waals surface area contributed by atoms with Crippen molar-refractivity contribution >= 4 is 45.0 Å². The number of likely N-dealkylation sites (tertiary alicyclic amines) is 1. The number of carbonyl (C=O) groups is 2. The van der Waals surface area contributed by atoms with Gasteiger partial charge in [0.05, 0.1) is 16.7 Å². The van der Waals surface area contributed by atoms with Gasteiger partial charge in [-0.3, -0.25) is 9.59 Å². The molecule has 1 atom stereocenters. The van der Waals surface area contributed by atoms with Crippen LogP contribution in [0.4, 0.5) is 5.82 Å². The lowest BCUT2D eigenvalue weighted by Gasteiger charge is -2.14. The molecule has 36 heavy (non-hydrogen) atoms. The van der Waals surface area contributed by atoms with Crippen LogP contribution in [-0.4, -0.2) is 53.0 Å². The second kappa shape index (κ2) is 15.2. The van der Waals surface area contributed by atoms with E-state index in [9.17, 15) is 9.59 Å². The fourth-order valence-corrected chi connectivity index (χ4v) is 3.64. The third-order valence-electron chi connectivity index (χ3n) is 5.26. The summed E-state index contributed by atoms with van der Waals surface area (Å²) in [5, 5.41) is 0.642. The number of methoxy groups -OCH3 is 1. The number of nitrogens with two attached hydrogens (primary N) is 2. The van der Waals surface area contributed by atoms with Crippen molar-refractivity contribution < 1.29 is 14.3 Å². The average Bonchev–Trinajstić information content (AvgIpc) is 3.35. The van der Waals surface area contributed by atoms with E-state index in [0.29, 0.717) is 28.2 Å². The van der Waals surface area contributed by atoms with Crippen LogP contribution in [0.15, 0.2) is 53.3 Å². The topological polar surface area (TPSA) is 124 Å². The number of hydrogen-bond donors (Lipinski definition) is 2. The Morgan fingerprint density at radius 1 is 1.17 bits per heavy atom. The lowest BCUT2D eigenvalue weighted by Crippen LogP contribution is -2.17. The van der Waals surface area contributed by atoms with Gasteiger partial charge in [-0.1, -0.05) is 48.0 Å². The molecule has 2 aromatic carbocycles. The fourth-order valence-electron chi connectivity index (χ4n) is 3.22. The monoisotopic (exact) mass is 559 g/mol. The van der Waals surface area contributed by atoms with Gasteiger partial charge in [0, 0.05) is 36.0 Å². The van der Waals surface area contributed by atoms with Crippen molar-refractivity contribution in [1.82, 2.24) is 14.9 Å². The van der Waals surface area contributed by atoms with Gasteiger partial charge in [0.1, 0.15) is 12.1 Å². The highest BCUT2D eigenvalue weighted by Gasteiger charge is 2.22. The number of carbonyl (C=O) groups excluding carboxylic acids is 2. The Bertz CT molecular complexity index is 1120. The maximum atomic E-state index is 11.0. The number of anilines is 1. The third kappa shape index (κ3) is 9.91. The molecule has 4 N–H and O–H groups in total. The van der Waals surface area contributed by atoms with Gasteiger partial charge in [0.15, 0.2) is 0 Å². The molecule has 8 nitrogen and oxygen atoms in total. The molecule has 0 spiro atoms. The second-order valence-electron chi connectivity index (χ2n) is 8.78. The summed E-state index contributed by atoms with van der Waals surface area (Å²) in [5.74, 6) is 0.338. The molecule has 1 fully saturated rings. The Morgan fingerprint density at radius 3 is 2.33 bits per heavy atom. The molecule has 2 heterocycles. The summed E-state index contributed by atoms with van der Waals surface area (Å²) >= 11 is 3.46. The summed E-state index contributed by atoms with van der Waals surface area (Å²) in [5.41, 5.74) is 13.0. The van der Waals surface area contributed by atoms with Crippen LogP contribution >= 0.6 is 15.9 Å². The van der Waals surface area contributed by atoms with E-state index in [0.717, 1.165) is 30.4 Å². The van der Waals surface area contributed by atoms with Gasteiger partial charge in [-0.25, -0.2) is 9.97 Å². The van der Waals surface area contributed by atoms with Crippen molar-refractivity contribution in [2.45, 2.75) is 52.6 Å². The van der Waals surface area contributed by atoms with Gasteiger partial charge >= 0.3 is 0 Å². The molecule has 1 aliphatic rings. The minimum absolute atomic E-state index is 0.0417. The first kappa shape index (κ1) is 31.0. The molecule has 1 unspecified atom stereocenters. The van der Waals surface area contributed by atoms with Crippen molar-refractivity contribution in [3.05, 3.63) is 64.4 Å². The second-order valence-corrected chi connectivity index (χ2v) is 9.70. The third-order valence-corrected chi connectivity index (χ3v) is 5.76. The number of ether oxygens (including phenoxy) is 1. The molecule has 0 radical (unpaired) electrons. The lowest BCUT2D eigenvalue weighted by atomic mass is 9.99. The summed E-state index contributed by atoms with van der Waals surface area (Å²) in [6, 6.07) is 13.4. The largest absolute Gasteiger partial charge is 0.383 e. The Labute approximate surface area is 222 Å². The summed E-state index contributed by atoms with van der Waals surface area (Å²) in [6.07, 6.45) is 3.33. The standard InChI is InChI=1S/C11H12BrNO.C9H8N4O.C5H12O.C2H6/c12-11-3-1-2-9(6-11)10-4-5-13(7-10)8-14;10-8-5-2-1-3-6(9(11)14)7(5)12-4-13-8;1-5(2,3)6-4;1-2/h1-3,6,8,10H,4-5,7H2;1-4H,(H2,11,14)(H2,10,12,13);1-4H3;1-2H3. The average molecular weight is 561 g/mol. The van der Waals surface area contributed by atoms with Crippen molar-refractivity contribution in [2.75, 3.05) is 25.9 Å². The van der Waals surface area contributed by atoms with Gasteiger partial charge in [-0.05, 0) is 57.0 Å². The molecule has 196 valence electrons. The van der Waals surface area contributed by atoms with E-state index in [-0.39, 0.29) is 5.60 Å². The van der Waals surface area contributed by atoms with E-state index in [1.54, 1.807) is 25.3 Å². The molecular formula is C27H38BrN5O3. The smallest absolute Gasteiger partial charge is 0.250 e. The van der Waals surface area contributed by atoms with E-state index < -0.39 is 5.91 Å². The van der Waals surface area contributed by atoms with E-state index in [1.807, 2.05) is 51.7 Å². The predicted molar refractivity (Wildman–Crippen MR) is 150 cm³/mol. The number of rotatable bonds is 3. The molecule has 1 saturated heterocycles. The van der Waals surface area contributed by atoms with Crippen molar-refractivity contribution in [3.8, 4) is 0 Å². The number of hydrogen-bond acceptors (Lipinski definition) is 6. The predicted octanol–water partition coefficient (Wildman–Crippen LogP) is 5.16. The Hall–Kier alpha value is -3.04. The number of nitrogen functional groups attached to an aromatic ring is 1. The first-order chi connectivity index (χ1) is 17.1. The molecule has 1 aliphatic heterocycles. The zero-order chi connectivity index (χ0) is 27.3. The number of halogens is 1. The van der Waals surface area contributed by atoms with Crippen LogP contribution in [0.25, 0.3) is 10.9 Å². The summed E-state index contributed by atoms with van der Waals surface area (Å²) in [4.78, 5) is 31.2. The zero-order valence-corrected chi connectivity index (χ0v) is 23.6. The van der Waals surface area contributed by atoms with Crippen LogP contribution in [0.3, 0.4) is 0 Å². The van der Waals surface area contributed by atoms with E-state index >= 15 is 0 Å². The fraction of sp³-hybridized carbons (Fsp3) is 0.407. The summed E-state index contributed by atoms with van der Waals surface area (Å²) in [6.45, 7) is 11.8. The molecular weight excluding hydrogens is 522 g/mol. The zero-order valence-electron chi connectivity index (χ0n) is 22.0. The molecule has 0 saturated carbocycles. The number of amides is 2. The van der Waals surface area contributed by atoms with Crippen molar-refractivity contribution in [2.24, 2.45) is 5.73 Å². The quantitative estimate of drug-likeness (QED) is 0.427. The van der Waals surface area contributed by atoms with E-state index in [1.165, 1.54) is 11.9 Å². The van der Waals surface area contributed by atoms with E-state index in [4.69, 9.17) is 16.2 Å². The molecule has 0 aliphatic carbocycles. The van der Waals surface area contributed by atoms with Gasteiger partial charge in [-0.15, -0.1) is 0 Å². The Balaban J connectivity index is 0.000000281. The molecule has 9 heteroatoms. The first-order valence-corrected chi connectivity index (χ1v) is 12.6. The number of fused-ring (bicyclic) bond motifs is 1. The number of para-hydroxylation sites is 1. The highest BCUT2D eigenvalue weighted by molar-refractivity contribution is 9.10. The highest BCUT2D eigenvalue weighted by Crippen LogP contribution is 2.27. The van der Waals surface area contributed by atoms with Crippen molar-refractivity contribution in [1.29, 1.82) is 0 Å². The number of aromatic nitrogens is 2. The van der Waals surface area contributed by atoms with Crippen LogP contribution < -0.4 is 11.5 Å². The highest BCUT2D eigenvalue weighted by atomic mass is 79.9. The maximum Gasteiger partial charge on any atom is 0.250 e. The molecule has 3 aromatic rings. The first-order valence-electron chi connectivity index (χ1n) is 11.8. The SMILES string of the molecule is CC.COC(C)(C)C.NC(=O)c1cccc2c(N)ncnc12.O=CN1CCC(c2cccc(Br)c2)C1. The molecule has 0 bridgehead atoms. The Kier molecular flexibility index (Phi) is 13.0. The maximum absolute atomic E-state index is 11.0. The van der Waals surface area contributed by atoms with Crippen molar-refractivity contribution in [3.63, 3.8) is 0 Å². The van der Waals surface area contributed by atoms with Gasteiger partial charge in [0.2, 0.25) is 6.41 Å². The van der Waals surface area contributed by atoms with E-state index in [2.05, 4.69) is 38.0 Å². The number of nitrogens with zero attached hydrogens (tertiary/aromatic N) is 3. The van der Waals surface area contributed by atoms with Crippen LogP contribution in [-0.2, 0) is 9.53 Å². The summed E-state index contributed by atoms with van der Waals surface area (Å²) in [7, 11) is 1.71.